The van der Waals surface area contributed by atoms with Crippen LogP contribution in [-0.2, 0) is 4.79 Å². The number of likely N-dealkylation sites (N-methyl/N-ethyl adjacent to an activating group) is 1. The molecule has 1 aliphatic rings. The predicted molar refractivity (Wildman–Crippen MR) is 77.2 cm³/mol. The monoisotopic (exact) mass is 278 g/mol. The first-order chi connectivity index (χ1) is 9.69. The van der Waals surface area contributed by atoms with E-state index in [4.69, 9.17) is 9.47 Å². The highest BCUT2D eigenvalue weighted by Gasteiger charge is 2.19. The number of hydrogen-bond donors (Lipinski definition) is 0. The molecule has 1 saturated heterocycles. The van der Waals surface area contributed by atoms with Crippen LogP contribution >= 0.6 is 0 Å². The van der Waals surface area contributed by atoms with Crippen LogP contribution in [0.1, 0.15) is 6.92 Å². The molecule has 1 fully saturated rings. The Hall–Kier alpha value is -1.75. The number of hydrogen-bond acceptors (Lipinski definition) is 4. The predicted octanol–water partition coefficient (Wildman–Crippen LogP) is 1.24. The van der Waals surface area contributed by atoms with Gasteiger partial charge in [0.2, 0.25) is 0 Å². The van der Waals surface area contributed by atoms with Gasteiger partial charge in [0.1, 0.15) is 11.5 Å². The van der Waals surface area contributed by atoms with Gasteiger partial charge in [-0.15, -0.1) is 0 Å². The smallest absolute Gasteiger partial charge is 0.260 e. The summed E-state index contributed by atoms with van der Waals surface area (Å²) in [6.45, 7) is 6.09. The SMILES string of the molecule is CCOc1ccc(OCC(=O)N2CCN(C)CC2)cc1. The van der Waals surface area contributed by atoms with Crippen LogP contribution in [0.5, 0.6) is 11.5 Å². The van der Waals surface area contributed by atoms with Crippen molar-refractivity contribution in [1.29, 1.82) is 0 Å². The van der Waals surface area contributed by atoms with Crippen molar-refractivity contribution in [3.05, 3.63) is 24.3 Å². The summed E-state index contributed by atoms with van der Waals surface area (Å²) in [6.07, 6.45) is 0. The molecule has 5 nitrogen and oxygen atoms in total. The highest BCUT2D eigenvalue weighted by Crippen LogP contribution is 2.17. The molecule has 1 aromatic carbocycles. The molecular weight excluding hydrogens is 256 g/mol. The second-order valence-corrected chi connectivity index (χ2v) is 4.88. The second kappa shape index (κ2) is 7.14. The lowest BCUT2D eigenvalue weighted by Gasteiger charge is -2.32. The number of rotatable bonds is 5. The molecule has 1 amide bonds. The first-order valence-corrected chi connectivity index (χ1v) is 7.01. The number of carbonyl (C=O) groups excluding carboxylic acids is 1. The molecule has 0 bridgehead atoms. The second-order valence-electron chi connectivity index (χ2n) is 4.88. The van der Waals surface area contributed by atoms with E-state index in [2.05, 4.69) is 11.9 Å². The van der Waals surface area contributed by atoms with Crippen molar-refractivity contribution in [2.24, 2.45) is 0 Å². The molecule has 0 unspecified atom stereocenters. The van der Waals surface area contributed by atoms with E-state index in [1.165, 1.54) is 0 Å². The Morgan fingerprint density at radius 1 is 1.05 bits per heavy atom. The summed E-state index contributed by atoms with van der Waals surface area (Å²) >= 11 is 0. The molecule has 0 N–H and O–H groups in total. The molecule has 1 aliphatic heterocycles. The Balaban J connectivity index is 1.78. The highest BCUT2D eigenvalue weighted by molar-refractivity contribution is 5.77. The van der Waals surface area contributed by atoms with Crippen LogP contribution in [-0.4, -0.2) is 62.1 Å². The Morgan fingerprint density at radius 2 is 1.60 bits per heavy atom. The molecule has 1 aromatic rings. The van der Waals surface area contributed by atoms with Crippen molar-refractivity contribution < 1.29 is 14.3 Å². The minimum absolute atomic E-state index is 0.0481. The minimum atomic E-state index is 0.0481. The molecule has 0 aromatic heterocycles. The minimum Gasteiger partial charge on any atom is -0.494 e. The van der Waals surface area contributed by atoms with Crippen molar-refractivity contribution in [3.8, 4) is 11.5 Å². The quantitative estimate of drug-likeness (QED) is 0.812. The van der Waals surface area contributed by atoms with Gasteiger partial charge in [-0.1, -0.05) is 0 Å². The van der Waals surface area contributed by atoms with E-state index in [-0.39, 0.29) is 12.5 Å². The zero-order valence-electron chi connectivity index (χ0n) is 12.2. The topological polar surface area (TPSA) is 42.0 Å². The van der Waals surface area contributed by atoms with E-state index in [0.29, 0.717) is 12.4 Å². The molecular formula is C15H22N2O3. The maximum Gasteiger partial charge on any atom is 0.260 e. The van der Waals surface area contributed by atoms with Crippen molar-refractivity contribution in [3.63, 3.8) is 0 Å². The highest BCUT2D eigenvalue weighted by atomic mass is 16.5. The van der Waals surface area contributed by atoms with Crippen molar-refractivity contribution in [2.45, 2.75) is 6.92 Å². The van der Waals surface area contributed by atoms with Crippen molar-refractivity contribution in [2.75, 3.05) is 46.4 Å². The number of amides is 1. The summed E-state index contributed by atoms with van der Waals surface area (Å²) < 4.78 is 10.9. The first-order valence-electron chi connectivity index (χ1n) is 7.01. The summed E-state index contributed by atoms with van der Waals surface area (Å²) in [4.78, 5) is 16.1. The van der Waals surface area contributed by atoms with E-state index in [1.807, 2.05) is 36.1 Å². The van der Waals surface area contributed by atoms with Crippen LogP contribution in [0.15, 0.2) is 24.3 Å². The number of benzene rings is 1. The lowest BCUT2D eigenvalue weighted by atomic mass is 10.3. The maximum absolute atomic E-state index is 12.0. The summed E-state index contributed by atoms with van der Waals surface area (Å²) in [5.41, 5.74) is 0. The van der Waals surface area contributed by atoms with Gasteiger partial charge in [-0.2, -0.15) is 0 Å². The molecule has 0 spiro atoms. The third kappa shape index (κ3) is 4.13. The van der Waals surface area contributed by atoms with Crippen LogP contribution in [0.2, 0.25) is 0 Å². The van der Waals surface area contributed by atoms with Gasteiger partial charge in [-0.3, -0.25) is 4.79 Å². The summed E-state index contributed by atoms with van der Waals surface area (Å²) in [5.74, 6) is 1.55. The number of carbonyl (C=O) groups is 1. The largest absolute Gasteiger partial charge is 0.494 e. The maximum atomic E-state index is 12.0. The van der Waals surface area contributed by atoms with E-state index in [0.717, 1.165) is 31.9 Å². The van der Waals surface area contributed by atoms with Gasteiger partial charge < -0.3 is 19.3 Å². The standard InChI is InChI=1S/C15H22N2O3/c1-3-19-13-4-6-14(7-5-13)20-12-15(18)17-10-8-16(2)9-11-17/h4-7H,3,8-12H2,1-2H3. The molecule has 0 saturated carbocycles. The third-order valence-electron chi connectivity index (χ3n) is 3.35. The lowest BCUT2D eigenvalue weighted by Crippen LogP contribution is -2.48. The molecule has 110 valence electrons. The molecule has 0 aliphatic carbocycles. The number of ether oxygens (including phenoxy) is 2. The van der Waals surface area contributed by atoms with Gasteiger partial charge in [0.25, 0.3) is 5.91 Å². The van der Waals surface area contributed by atoms with Crippen molar-refractivity contribution in [1.82, 2.24) is 9.80 Å². The lowest BCUT2D eigenvalue weighted by molar-refractivity contribution is -0.134. The van der Waals surface area contributed by atoms with Crippen molar-refractivity contribution >= 4 is 5.91 Å². The molecule has 5 heteroatoms. The molecule has 1 heterocycles. The van der Waals surface area contributed by atoms with Crippen LogP contribution < -0.4 is 9.47 Å². The van der Waals surface area contributed by atoms with E-state index >= 15 is 0 Å². The summed E-state index contributed by atoms with van der Waals surface area (Å²) in [5, 5.41) is 0. The van der Waals surface area contributed by atoms with Gasteiger partial charge >= 0.3 is 0 Å². The Kier molecular flexibility index (Phi) is 5.24. The Bertz CT molecular complexity index is 425. The fraction of sp³-hybridized carbons (Fsp3) is 0.533. The number of piperazine rings is 1. The first kappa shape index (κ1) is 14.7. The average molecular weight is 278 g/mol. The van der Waals surface area contributed by atoms with Gasteiger partial charge in [-0.05, 0) is 38.2 Å². The van der Waals surface area contributed by atoms with Crippen LogP contribution in [0.4, 0.5) is 0 Å². The van der Waals surface area contributed by atoms with Gasteiger partial charge in [0, 0.05) is 26.2 Å². The van der Waals surface area contributed by atoms with E-state index < -0.39 is 0 Å². The fourth-order valence-electron chi connectivity index (χ4n) is 2.09. The normalized spacial score (nSPS) is 16.0. The number of nitrogens with zero attached hydrogens (tertiary/aromatic N) is 2. The third-order valence-corrected chi connectivity index (χ3v) is 3.35. The molecule has 0 radical (unpaired) electrons. The molecule has 2 rings (SSSR count). The average Bonchev–Trinajstić information content (AvgIpc) is 2.47. The van der Waals surface area contributed by atoms with Gasteiger partial charge in [0.05, 0.1) is 6.61 Å². The van der Waals surface area contributed by atoms with Crippen LogP contribution in [0, 0.1) is 0 Å². The molecule has 20 heavy (non-hydrogen) atoms. The Morgan fingerprint density at radius 3 is 2.15 bits per heavy atom. The molecule has 0 atom stereocenters. The van der Waals surface area contributed by atoms with Gasteiger partial charge in [-0.25, -0.2) is 0 Å². The fourth-order valence-corrected chi connectivity index (χ4v) is 2.09. The summed E-state index contributed by atoms with van der Waals surface area (Å²) in [7, 11) is 2.07. The zero-order chi connectivity index (χ0) is 14.4. The van der Waals surface area contributed by atoms with Crippen LogP contribution in [0.3, 0.4) is 0 Å². The van der Waals surface area contributed by atoms with E-state index in [1.54, 1.807) is 0 Å². The summed E-state index contributed by atoms with van der Waals surface area (Å²) in [6, 6.07) is 7.34. The van der Waals surface area contributed by atoms with Gasteiger partial charge in [0.15, 0.2) is 6.61 Å². The van der Waals surface area contributed by atoms with Crippen LogP contribution in [0.25, 0.3) is 0 Å². The Labute approximate surface area is 120 Å². The zero-order valence-corrected chi connectivity index (χ0v) is 12.2. The van der Waals surface area contributed by atoms with E-state index in [9.17, 15) is 4.79 Å².